The van der Waals surface area contributed by atoms with Gasteiger partial charge in [-0.3, -0.25) is 4.79 Å². The fourth-order valence-electron chi connectivity index (χ4n) is 2.22. The van der Waals surface area contributed by atoms with Gasteiger partial charge in [0.15, 0.2) is 0 Å². The van der Waals surface area contributed by atoms with Crippen molar-refractivity contribution in [2.45, 2.75) is 18.8 Å². The van der Waals surface area contributed by atoms with Gasteiger partial charge in [0.25, 0.3) is 0 Å². The lowest BCUT2D eigenvalue weighted by Gasteiger charge is -2.31. The number of benzene rings is 1. The van der Waals surface area contributed by atoms with Crippen molar-refractivity contribution in [1.82, 2.24) is 0 Å². The largest absolute Gasteiger partial charge is 0.468 e. The summed E-state index contributed by atoms with van der Waals surface area (Å²) in [7, 11) is 1.42. The molecule has 0 saturated heterocycles. The van der Waals surface area contributed by atoms with Crippen LogP contribution in [0.5, 0.6) is 0 Å². The zero-order valence-electron chi connectivity index (χ0n) is 11.2. The molecule has 1 atom stereocenters. The van der Waals surface area contributed by atoms with Gasteiger partial charge in [0.2, 0.25) is 0 Å². The molecule has 0 heterocycles. The van der Waals surface area contributed by atoms with Crippen LogP contribution in [0.2, 0.25) is 0 Å². The number of rotatable bonds is 6. The van der Waals surface area contributed by atoms with Gasteiger partial charge in [0, 0.05) is 6.54 Å². The molecule has 0 bridgehead atoms. The van der Waals surface area contributed by atoms with Crippen LogP contribution in [0.4, 0.5) is 0 Å². The number of carbonyl (C=O) groups is 1. The zero-order valence-corrected chi connectivity index (χ0v) is 12.0. The van der Waals surface area contributed by atoms with Gasteiger partial charge in [0.05, 0.1) is 7.11 Å². The Bertz CT molecular complexity index is 409. The third-order valence-electron chi connectivity index (χ3n) is 3.32. The molecule has 4 heteroatoms. The first-order chi connectivity index (χ1) is 8.62. The quantitative estimate of drug-likeness (QED) is 0.802. The van der Waals surface area contributed by atoms with Crippen molar-refractivity contribution >= 4 is 17.7 Å². The van der Waals surface area contributed by atoms with Crippen molar-refractivity contribution in [2.24, 2.45) is 5.73 Å². The Hall–Kier alpha value is -1.00. The van der Waals surface area contributed by atoms with E-state index >= 15 is 0 Å². The fourth-order valence-corrected chi connectivity index (χ4v) is 2.78. The van der Waals surface area contributed by atoms with Crippen LogP contribution in [-0.2, 0) is 14.9 Å². The summed E-state index contributed by atoms with van der Waals surface area (Å²) in [4.78, 5) is 12.2. The molecule has 1 unspecified atom stereocenters. The first-order valence-electron chi connectivity index (χ1n) is 5.96. The first kappa shape index (κ1) is 15.1. The molecule has 1 aromatic rings. The molecule has 1 rings (SSSR count). The highest BCUT2D eigenvalue weighted by molar-refractivity contribution is 7.98. The van der Waals surface area contributed by atoms with Gasteiger partial charge in [-0.2, -0.15) is 11.8 Å². The summed E-state index contributed by atoms with van der Waals surface area (Å²) < 4.78 is 4.98. The number of carbonyl (C=O) groups excluding carboxylic acids is 1. The second kappa shape index (κ2) is 6.81. The molecule has 18 heavy (non-hydrogen) atoms. The van der Waals surface area contributed by atoms with Crippen LogP contribution in [0.3, 0.4) is 0 Å². The van der Waals surface area contributed by atoms with E-state index in [1.165, 1.54) is 7.11 Å². The molecule has 1 aromatic carbocycles. The molecular formula is C14H21NO2S. The lowest BCUT2D eigenvalue weighted by atomic mass is 9.76. The third kappa shape index (κ3) is 2.87. The van der Waals surface area contributed by atoms with E-state index in [-0.39, 0.29) is 12.5 Å². The second-order valence-electron chi connectivity index (χ2n) is 4.34. The van der Waals surface area contributed by atoms with Gasteiger partial charge >= 0.3 is 5.97 Å². The molecule has 0 spiro atoms. The van der Waals surface area contributed by atoms with Crippen LogP contribution in [0.1, 0.15) is 17.5 Å². The minimum atomic E-state index is -0.719. The number of hydrogen-bond donors (Lipinski definition) is 1. The Morgan fingerprint density at radius 1 is 1.44 bits per heavy atom. The van der Waals surface area contributed by atoms with E-state index in [1.807, 2.05) is 37.4 Å². The molecule has 0 aliphatic rings. The molecule has 0 fully saturated rings. The van der Waals surface area contributed by atoms with Crippen LogP contribution in [0.15, 0.2) is 24.3 Å². The number of aryl methyl sites for hydroxylation is 1. The number of methoxy groups -OCH3 is 1. The Labute approximate surface area is 113 Å². The number of hydrogen-bond acceptors (Lipinski definition) is 4. The predicted octanol–water partition coefficient (Wildman–Crippen LogP) is 2.12. The summed E-state index contributed by atoms with van der Waals surface area (Å²) in [6.07, 6.45) is 2.72. The van der Waals surface area contributed by atoms with Crippen molar-refractivity contribution in [3.05, 3.63) is 35.4 Å². The van der Waals surface area contributed by atoms with Gasteiger partial charge < -0.3 is 10.5 Å². The SMILES string of the molecule is COC(=O)C(CN)(CCSC)c1ccccc1C. The number of esters is 1. The molecule has 3 nitrogen and oxygen atoms in total. The molecule has 0 amide bonds. The number of ether oxygens (including phenoxy) is 1. The van der Waals surface area contributed by atoms with Crippen LogP contribution in [-0.4, -0.2) is 31.6 Å². The summed E-state index contributed by atoms with van der Waals surface area (Å²) in [6, 6.07) is 7.88. The Morgan fingerprint density at radius 2 is 2.11 bits per heavy atom. The van der Waals surface area contributed by atoms with E-state index in [2.05, 4.69) is 0 Å². The number of nitrogens with two attached hydrogens (primary N) is 1. The maximum absolute atomic E-state index is 12.2. The van der Waals surface area contributed by atoms with Gasteiger partial charge in [-0.25, -0.2) is 0 Å². The second-order valence-corrected chi connectivity index (χ2v) is 5.32. The molecule has 0 aromatic heterocycles. The summed E-state index contributed by atoms with van der Waals surface area (Å²) in [5.74, 6) is 0.633. The molecule has 100 valence electrons. The topological polar surface area (TPSA) is 52.3 Å². The highest BCUT2D eigenvalue weighted by atomic mass is 32.2. The van der Waals surface area contributed by atoms with Crippen molar-refractivity contribution in [1.29, 1.82) is 0 Å². The summed E-state index contributed by atoms with van der Waals surface area (Å²) in [6.45, 7) is 2.27. The van der Waals surface area contributed by atoms with E-state index in [0.717, 1.165) is 16.9 Å². The zero-order chi connectivity index (χ0) is 13.6. The van der Waals surface area contributed by atoms with Crippen molar-refractivity contribution in [3.8, 4) is 0 Å². The maximum atomic E-state index is 12.2. The molecular weight excluding hydrogens is 246 g/mol. The van der Waals surface area contributed by atoms with Crippen molar-refractivity contribution in [3.63, 3.8) is 0 Å². The maximum Gasteiger partial charge on any atom is 0.317 e. The molecule has 0 saturated carbocycles. The van der Waals surface area contributed by atoms with E-state index < -0.39 is 5.41 Å². The first-order valence-corrected chi connectivity index (χ1v) is 7.35. The lowest BCUT2D eigenvalue weighted by molar-refractivity contribution is -0.147. The smallest absolute Gasteiger partial charge is 0.317 e. The van der Waals surface area contributed by atoms with E-state index in [0.29, 0.717) is 6.42 Å². The Balaban J connectivity index is 3.25. The fraction of sp³-hybridized carbons (Fsp3) is 0.500. The summed E-state index contributed by atoms with van der Waals surface area (Å²) in [5, 5.41) is 0. The van der Waals surface area contributed by atoms with E-state index in [9.17, 15) is 4.79 Å². The Kier molecular flexibility index (Phi) is 5.69. The standard InChI is InChI=1S/C14H21NO2S/c1-11-6-4-5-7-12(11)14(10-15,8-9-18-3)13(16)17-2/h4-7H,8-10,15H2,1-3H3. The summed E-state index contributed by atoms with van der Waals surface area (Å²) >= 11 is 1.71. The summed E-state index contributed by atoms with van der Waals surface area (Å²) in [5.41, 5.74) is 7.25. The van der Waals surface area contributed by atoms with Crippen LogP contribution in [0.25, 0.3) is 0 Å². The predicted molar refractivity (Wildman–Crippen MR) is 76.9 cm³/mol. The number of thioether (sulfide) groups is 1. The van der Waals surface area contributed by atoms with E-state index in [1.54, 1.807) is 11.8 Å². The monoisotopic (exact) mass is 267 g/mol. The molecule has 0 aliphatic heterocycles. The van der Waals surface area contributed by atoms with Gasteiger partial charge in [-0.1, -0.05) is 24.3 Å². The van der Waals surface area contributed by atoms with Crippen molar-refractivity contribution in [2.75, 3.05) is 25.7 Å². The van der Waals surface area contributed by atoms with Gasteiger partial charge in [-0.15, -0.1) is 0 Å². The van der Waals surface area contributed by atoms with Crippen LogP contribution >= 0.6 is 11.8 Å². The van der Waals surface area contributed by atoms with Gasteiger partial charge in [0.1, 0.15) is 5.41 Å². The normalized spacial score (nSPS) is 14.0. The highest BCUT2D eigenvalue weighted by Gasteiger charge is 2.40. The minimum Gasteiger partial charge on any atom is -0.468 e. The molecule has 0 aliphatic carbocycles. The lowest BCUT2D eigenvalue weighted by Crippen LogP contribution is -2.45. The Morgan fingerprint density at radius 3 is 2.61 bits per heavy atom. The van der Waals surface area contributed by atoms with Gasteiger partial charge in [-0.05, 0) is 36.5 Å². The molecule has 0 radical (unpaired) electrons. The highest BCUT2D eigenvalue weighted by Crippen LogP contribution is 2.32. The third-order valence-corrected chi connectivity index (χ3v) is 3.93. The molecule has 2 N–H and O–H groups in total. The minimum absolute atomic E-state index is 0.242. The van der Waals surface area contributed by atoms with Crippen LogP contribution < -0.4 is 5.73 Å². The van der Waals surface area contributed by atoms with E-state index in [4.69, 9.17) is 10.5 Å². The van der Waals surface area contributed by atoms with Crippen molar-refractivity contribution < 1.29 is 9.53 Å². The average molecular weight is 267 g/mol. The van der Waals surface area contributed by atoms with Crippen LogP contribution in [0, 0.1) is 6.92 Å². The average Bonchev–Trinajstić information content (AvgIpc) is 2.41.